The number of nitrogens with zero attached hydrogens (tertiary/aromatic N) is 3. The zero-order valence-corrected chi connectivity index (χ0v) is 18.9. The quantitative estimate of drug-likeness (QED) is 0.615. The Morgan fingerprint density at radius 2 is 1.87 bits per heavy atom. The molecule has 0 saturated heterocycles. The zero-order valence-electron chi connectivity index (χ0n) is 18.0. The fourth-order valence-corrected chi connectivity index (χ4v) is 3.10. The molecule has 0 unspecified atom stereocenters. The average molecular weight is 452 g/mol. The zero-order chi connectivity index (χ0) is 23.3. The summed E-state index contributed by atoms with van der Waals surface area (Å²) in [6.07, 6.45) is 2.69. The van der Waals surface area contributed by atoms with Crippen molar-refractivity contribution in [2.24, 2.45) is 0 Å². The van der Waals surface area contributed by atoms with Crippen LogP contribution >= 0.6 is 0 Å². The van der Waals surface area contributed by atoms with Gasteiger partial charge in [0.1, 0.15) is 5.82 Å². The molecule has 2 aromatic rings. The number of halogens is 1. The van der Waals surface area contributed by atoms with Crippen LogP contribution in [0, 0.1) is 5.82 Å². The van der Waals surface area contributed by atoms with Gasteiger partial charge in [0.2, 0.25) is 16.0 Å². The summed E-state index contributed by atoms with van der Waals surface area (Å²) in [6.45, 7) is 3.76. The van der Waals surface area contributed by atoms with Crippen LogP contribution in [-0.4, -0.2) is 56.0 Å². The van der Waals surface area contributed by atoms with Crippen LogP contribution in [0.15, 0.2) is 30.3 Å². The summed E-state index contributed by atoms with van der Waals surface area (Å²) in [4.78, 5) is 20.3. The van der Waals surface area contributed by atoms with E-state index in [1.807, 2.05) is 13.8 Å². The lowest BCUT2D eigenvalue weighted by atomic mass is 9.97. The van der Waals surface area contributed by atoms with Crippen molar-refractivity contribution in [3.63, 3.8) is 0 Å². The number of aliphatic hydroxyl groups excluding tert-OH is 1. The molecule has 0 amide bonds. The molecule has 1 N–H and O–H groups in total. The van der Waals surface area contributed by atoms with Crippen LogP contribution in [0.3, 0.4) is 0 Å². The third-order valence-electron chi connectivity index (χ3n) is 4.50. The molecule has 31 heavy (non-hydrogen) atoms. The lowest BCUT2D eigenvalue weighted by molar-refractivity contribution is -0.142. The van der Waals surface area contributed by atoms with E-state index in [0.29, 0.717) is 22.5 Å². The molecule has 168 valence electrons. The summed E-state index contributed by atoms with van der Waals surface area (Å²) >= 11 is 0. The number of esters is 1. The molecule has 0 saturated carbocycles. The number of rotatable bonds is 8. The van der Waals surface area contributed by atoms with Gasteiger partial charge >= 0.3 is 5.97 Å². The molecule has 0 bridgehead atoms. The number of hydrogen-bond acceptors (Lipinski definition) is 7. The number of hydrogen-bond donors (Lipinski definition) is 1. The third-order valence-corrected chi connectivity index (χ3v) is 5.65. The van der Waals surface area contributed by atoms with Crippen molar-refractivity contribution in [2.75, 3.05) is 24.7 Å². The van der Waals surface area contributed by atoms with Gasteiger partial charge in [-0.25, -0.2) is 27.1 Å². The first-order valence-electron chi connectivity index (χ1n) is 9.48. The lowest BCUT2D eigenvalue weighted by Gasteiger charge is -2.20. The first-order valence-corrected chi connectivity index (χ1v) is 11.3. The summed E-state index contributed by atoms with van der Waals surface area (Å²) in [5, 5.41) is 10.1. The van der Waals surface area contributed by atoms with Crippen molar-refractivity contribution < 1.29 is 27.4 Å². The van der Waals surface area contributed by atoms with Gasteiger partial charge < -0.3 is 9.84 Å². The molecule has 0 aliphatic heterocycles. The van der Waals surface area contributed by atoms with Gasteiger partial charge in [0.15, 0.2) is 0 Å². The predicted molar refractivity (Wildman–Crippen MR) is 116 cm³/mol. The van der Waals surface area contributed by atoms with Crippen LogP contribution in [-0.2, 0) is 19.6 Å². The van der Waals surface area contributed by atoms with Crippen LogP contribution in [0.25, 0.3) is 17.3 Å². The number of anilines is 1. The van der Waals surface area contributed by atoms with E-state index in [9.17, 15) is 22.7 Å². The molecular weight excluding hydrogens is 425 g/mol. The van der Waals surface area contributed by atoms with Crippen molar-refractivity contribution in [1.82, 2.24) is 9.97 Å². The Hall–Kier alpha value is -2.85. The minimum absolute atomic E-state index is 0.0298. The molecular formula is C21H26FN3O5S. The Labute approximate surface area is 181 Å². The van der Waals surface area contributed by atoms with Crippen LogP contribution in [0.1, 0.15) is 37.4 Å². The van der Waals surface area contributed by atoms with Crippen molar-refractivity contribution in [2.45, 2.75) is 32.3 Å². The van der Waals surface area contributed by atoms with Gasteiger partial charge in [0.25, 0.3) is 0 Å². The number of carbonyl (C=O) groups excluding carboxylic acids is 1. The standard InChI is InChI=1S/C21H26FN3O5S/c1-13(2)19-17(11-10-16(26)12-18(27)30-4)20(14-6-8-15(22)9-7-14)24-21(23-19)25(3)31(5,28)29/h6-11,13,16,26H,12H2,1-5H3/t16-/m1/s1. The summed E-state index contributed by atoms with van der Waals surface area (Å²) in [6, 6.07) is 5.58. The van der Waals surface area contributed by atoms with E-state index in [0.717, 1.165) is 10.6 Å². The van der Waals surface area contributed by atoms with Crippen LogP contribution < -0.4 is 4.31 Å². The normalized spacial score (nSPS) is 12.9. The summed E-state index contributed by atoms with van der Waals surface area (Å²) in [5.74, 6) is -1.16. The Balaban J connectivity index is 2.70. The van der Waals surface area contributed by atoms with Gasteiger partial charge in [0.05, 0.1) is 37.3 Å². The van der Waals surface area contributed by atoms with Gasteiger partial charge in [-0.3, -0.25) is 4.79 Å². The Morgan fingerprint density at radius 3 is 2.39 bits per heavy atom. The number of benzene rings is 1. The van der Waals surface area contributed by atoms with E-state index < -0.39 is 27.9 Å². The predicted octanol–water partition coefficient (Wildman–Crippen LogP) is 2.74. The van der Waals surface area contributed by atoms with Crippen LogP contribution in [0.5, 0.6) is 0 Å². The van der Waals surface area contributed by atoms with Gasteiger partial charge in [-0.05, 0) is 30.2 Å². The lowest BCUT2D eigenvalue weighted by Crippen LogP contribution is -2.27. The molecule has 1 aromatic heterocycles. The topological polar surface area (TPSA) is 110 Å². The van der Waals surface area contributed by atoms with Crippen molar-refractivity contribution in [1.29, 1.82) is 0 Å². The molecule has 0 fully saturated rings. The Morgan fingerprint density at radius 1 is 1.26 bits per heavy atom. The first kappa shape index (κ1) is 24.4. The highest BCUT2D eigenvalue weighted by molar-refractivity contribution is 7.92. The van der Waals surface area contributed by atoms with Gasteiger partial charge in [-0.2, -0.15) is 0 Å². The average Bonchev–Trinajstić information content (AvgIpc) is 2.70. The molecule has 1 atom stereocenters. The molecule has 0 aliphatic rings. The maximum atomic E-state index is 13.5. The largest absolute Gasteiger partial charge is 0.469 e. The minimum Gasteiger partial charge on any atom is -0.469 e. The van der Waals surface area contributed by atoms with E-state index in [2.05, 4.69) is 14.7 Å². The Kier molecular flexibility index (Phi) is 7.85. The molecule has 0 spiro atoms. The molecule has 10 heteroatoms. The second-order valence-electron chi connectivity index (χ2n) is 7.27. The van der Waals surface area contributed by atoms with E-state index in [1.165, 1.54) is 44.5 Å². The van der Waals surface area contributed by atoms with E-state index in [1.54, 1.807) is 6.08 Å². The van der Waals surface area contributed by atoms with E-state index in [4.69, 9.17) is 0 Å². The first-order chi connectivity index (χ1) is 14.4. The highest BCUT2D eigenvalue weighted by Crippen LogP contribution is 2.31. The van der Waals surface area contributed by atoms with Crippen molar-refractivity contribution >= 4 is 28.0 Å². The van der Waals surface area contributed by atoms with Crippen molar-refractivity contribution in [3.05, 3.63) is 47.4 Å². The van der Waals surface area contributed by atoms with Crippen molar-refractivity contribution in [3.8, 4) is 11.3 Å². The maximum absolute atomic E-state index is 13.5. The molecule has 8 nitrogen and oxygen atoms in total. The molecule has 2 rings (SSSR count). The van der Waals surface area contributed by atoms with Gasteiger partial charge in [-0.15, -0.1) is 0 Å². The van der Waals surface area contributed by atoms with Gasteiger partial charge in [-0.1, -0.05) is 26.0 Å². The fraction of sp³-hybridized carbons (Fsp3) is 0.381. The number of methoxy groups -OCH3 is 1. The molecule has 0 radical (unpaired) electrons. The summed E-state index contributed by atoms with van der Waals surface area (Å²) in [7, 11) is -1.04. The number of ether oxygens (including phenoxy) is 1. The monoisotopic (exact) mass is 451 g/mol. The minimum atomic E-state index is -3.62. The highest BCUT2D eigenvalue weighted by Gasteiger charge is 2.22. The number of sulfonamides is 1. The number of carbonyl (C=O) groups is 1. The van der Waals surface area contributed by atoms with Gasteiger partial charge in [0, 0.05) is 18.2 Å². The number of aromatic nitrogens is 2. The summed E-state index contributed by atoms with van der Waals surface area (Å²) < 4.78 is 43.1. The third kappa shape index (κ3) is 6.31. The second-order valence-corrected chi connectivity index (χ2v) is 9.28. The second kappa shape index (κ2) is 9.97. The fourth-order valence-electron chi connectivity index (χ4n) is 2.73. The van der Waals surface area contributed by atoms with Crippen LogP contribution in [0.4, 0.5) is 10.3 Å². The number of aliphatic hydroxyl groups is 1. The van der Waals surface area contributed by atoms with Crippen LogP contribution in [0.2, 0.25) is 0 Å². The molecule has 1 aromatic carbocycles. The SMILES string of the molecule is COC(=O)C[C@H](O)C=Cc1c(-c2ccc(F)cc2)nc(N(C)S(C)(=O)=O)nc1C(C)C. The molecule has 1 heterocycles. The maximum Gasteiger partial charge on any atom is 0.308 e. The smallest absolute Gasteiger partial charge is 0.308 e. The molecule has 0 aliphatic carbocycles. The summed E-state index contributed by atoms with van der Waals surface area (Å²) in [5.41, 5.74) is 1.96. The highest BCUT2D eigenvalue weighted by atomic mass is 32.2. The van der Waals surface area contributed by atoms with E-state index in [-0.39, 0.29) is 18.3 Å². The Bertz CT molecular complexity index is 1070. The van der Waals surface area contributed by atoms with E-state index >= 15 is 0 Å².